The summed E-state index contributed by atoms with van der Waals surface area (Å²) in [5, 5.41) is 0. The third kappa shape index (κ3) is 7.12. The van der Waals surface area contributed by atoms with Gasteiger partial charge in [-0.25, -0.2) is 4.99 Å². The van der Waals surface area contributed by atoms with E-state index in [1.54, 1.807) is 6.08 Å². The Hall–Kier alpha value is -1.83. The van der Waals surface area contributed by atoms with Gasteiger partial charge in [0.2, 0.25) is 5.88 Å². The SMILES string of the molecule is C=N/C(=C\C(=C)C)OCc1ccccc1.CC. The molecule has 17 heavy (non-hydrogen) atoms. The third-order valence-electron chi connectivity index (χ3n) is 1.76. The molecule has 0 amide bonds. The average molecular weight is 231 g/mol. The monoisotopic (exact) mass is 231 g/mol. The van der Waals surface area contributed by atoms with Gasteiger partial charge < -0.3 is 4.74 Å². The van der Waals surface area contributed by atoms with Crippen molar-refractivity contribution in [3.8, 4) is 0 Å². The van der Waals surface area contributed by atoms with Crippen molar-refractivity contribution in [2.75, 3.05) is 0 Å². The highest BCUT2D eigenvalue weighted by atomic mass is 16.5. The maximum atomic E-state index is 5.46. The van der Waals surface area contributed by atoms with E-state index < -0.39 is 0 Å². The first-order chi connectivity index (χ1) is 8.22. The quantitative estimate of drug-likeness (QED) is 0.419. The lowest BCUT2D eigenvalue weighted by molar-refractivity contribution is 0.197. The highest BCUT2D eigenvalue weighted by Crippen LogP contribution is 2.08. The number of benzene rings is 1. The molecule has 0 aromatic heterocycles. The average Bonchev–Trinajstić information content (AvgIpc) is 2.37. The van der Waals surface area contributed by atoms with Crippen LogP contribution in [0.1, 0.15) is 26.3 Å². The number of rotatable bonds is 5. The van der Waals surface area contributed by atoms with Gasteiger partial charge >= 0.3 is 0 Å². The molecular formula is C15H21NO. The molecule has 0 atom stereocenters. The molecule has 0 aliphatic carbocycles. The first kappa shape index (κ1) is 15.2. The molecule has 0 heterocycles. The second-order valence-corrected chi connectivity index (χ2v) is 3.26. The Labute approximate surface area is 104 Å². The van der Waals surface area contributed by atoms with Gasteiger partial charge in [0, 0.05) is 6.08 Å². The van der Waals surface area contributed by atoms with Gasteiger partial charge in [-0.05, 0) is 19.2 Å². The van der Waals surface area contributed by atoms with Gasteiger partial charge in [-0.15, -0.1) is 0 Å². The lowest BCUT2D eigenvalue weighted by atomic mass is 10.2. The van der Waals surface area contributed by atoms with Crippen molar-refractivity contribution in [1.29, 1.82) is 0 Å². The van der Waals surface area contributed by atoms with Crippen molar-refractivity contribution in [1.82, 2.24) is 0 Å². The topological polar surface area (TPSA) is 21.6 Å². The molecule has 0 aliphatic heterocycles. The molecule has 0 fully saturated rings. The van der Waals surface area contributed by atoms with Gasteiger partial charge in [0.05, 0.1) is 0 Å². The van der Waals surface area contributed by atoms with Crippen LogP contribution in [0.2, 0.25) is 0 Å². The number of aliphatic imine (C=N–C) groups is 1. The molecule has 1 aromatic rings. The van der Waals surface area contributed by atoms with E-state index in [1.165, 1.54) is 0 Å². The van der Waals surface area contributed by atoms with Crippen LogP contribution in [0.5, 0.6) is 0 Å². The van der Waals surface area contributed by atoms with Gasteiger partial charge in [0.25, 0.3) is 0 Å². The van der Waals surface area contributed by atoms with Crippen LogP contribution in [0.4, 0.5) is 0 Å². The van der Waals surface area contributed by atoms with Crippen molar-refractivity contribution in [2.45, 2.75) is 27.4 Å². The minimum absolute atomic E-state index is 0.499. The van der Waals surface area contributed by atoms with Gasteiger partial charge in [-0.1, -0.05) is 56.3 Å². The van der Waals surface area contributed by atoms with Crippen LogP contribution in [0.3, 0.4) is 0 Å². The van der Waals surface area contributed by atoms with Gasteiger partial charge in [-0.2, -0.15) is 0 Å². The lowest BCUT2D eigenvalue weighted by Crippen LogP contribution is -1.91. The van der Waals surface area contributed by atoms with Crippen LogP contribution < -0.4 is 0 Å². The maximum absolute atomic E-state index is 5.46. The molecule has 0 unspecified atom stereocenters. The molecule has 0 bridgehead atoms. The van der Waals surface area contributed by atoms with E-state index in [1.807, 2.05) is 51.1 Å². The minimum atomic E-state index is 0.499. The molecule has 0 N–H and O–H groups in total. The smallest absolute Gasteiger partial charge is 0.213 e. The van der Waals surface area contributed by atoms with Crippen molar-refractivity contribution in [3.63, 3.8) is 0 Å². The van der Waals surface area contributed by atoms with Crippen molar-refractivity contribution in [3.05, 3.63) is 60.0 Å². The molecule has 2 nitrogen and oxygen atoms in total. The van der Waals surface area contributed by atoms with Crippen LogP contribution in [0.15, 0.2) is 59.4 Å². The summed E-state index contributed by atoms with van der Waals surface area (Å²) < 4.78 is 5.46. The number of hydrogen-bond donors (Lipinski definition) is 0. The number of ether oxygens (including phenoxy) is 1. The molecule has 0 aliphatic rings. The first-order valence-electron chi connectivity index (χ1n) is 5.73. The molecule has 2 heteroatoms. The Bertz CT molecular complexity index is 366. The second-order valence-electron chi connectivity index (χ2n) is 3.26. The summed E-state index contributed by atoms with van der Waals surface area (Å²) in [6, 6.07) is 9.92. The Kier molecular flexibility index (Phi) is 8.39. The summed E-state index contributed by atoms with van der Waals surface area (Å²) in [7, 11) is 0. The summed E-state index contributed by atoms with van der Waals surface area (Å²) in [5.41, 5.74) is 2.00. The van der Waals surface area contributed by atoms with Gasteiger partial charge in [0.15, 0.2) is 0 Å². The minimum Gasteiger partial charge on any atom is -0.473 e. The van der Waals surface area contributed by atoms with Crippen molar-refractivity contribution >= 4 is 6.72 Å². The Morgan fingerprint density at radius 2 is 1.88 bits per heavy atom. The standard InChI is InChI=1S/C13H15NO.C2H6/c1-11(2)9-13(14-3)15-10-12-7-5-4-6-8-12;1-2/h4-9H,1,3,10H2,2H3;1-2H3/b13-9+;. The highest BCUT2D eigenvalue weighted by molar-refractivity contribution is 5.29. The normalized spacial score (nSPS) is 9.94. The second kappa shape index (κ2) is 9.40. The number of allylic oxidation sites excluding steroid dienone is 2. The van der Waals surface area contributed by atoms with E-state index in [-0.39, 0.29) is 0 Å². The zero-order chi connectivity index (χ0) is 13.1. The summed E-state index contributed by atoms with van der Waals surface area (Å²) in [6.07, 6.45) is 1.76. The largest absolute Gasteiger partial charge is 0.473 e. The number of nitrogens with zero attached hydrogens (tertiary/aromatic N) is 1. The van der Waals surface area contributed by atoms with E-state index in [0.717, 1.165) is 11.1 Å². The molecule has 0 saturated carbocycles. The van der Waals surface area contributed by atoms with E-state index in [2.05, 4.69) is 18.3 Å². The van der Waals surface area contributed by atoms with Gasteiger partial charge in [0.1, 0.15) is 6.61 Å². The van der Waals surface area contributed by atoms with E-state index in [4.69, 9.17) is 4.74 Å². The fraction of sp³-hybridized carbons (Fsp3) is 0.267. The molecular weight excluding hydrogens is 210 g/mol. The number of hydrogen-bond acceptors (Lipinski definition) is 2. The summed E-state index contributed by atoms with van der Waals surface area (Å²) >= 11 is 0. The Balaban J connectivity index is 0.00000121. The zero-order valence-corrected chi connectivity index (χ0v) is 10.9. The summed E-state index contributed by atoms with van der Waals surface area (Å²) in [4.78, 5) is 3.77. The summed E-state index contributed by atoms with van der Waals surface area (Å²) in [5.74, 6) is 0.506. The maximum Gasteiger partial charge on any atom is 0.213 e. The van der Waals surface area contributed by atoms with Crippen LogP contribution in [0.25, 0.3) is 0 Å². The molecule has 1 aromatic carbocycles. The predicted molar refractivity (Wildman–Crippen MR) is 75.0 cm³/mol. The van der Waals surface area contributed by atoms with Crippen LogP contribution in [-0.4, -0.2) is 6.72 Å². The Morgan fingerprint density at radius 1 is 1.29 bits per heavy atom. The molecule has 0 saturated heterocycles. The molecule has 92 valence electrons. The third-order valence-corrected chi connectivity index (χ3v) is 1.76. The molecule has 0 spiro atoms. The van der Waals surface area contributed by atoms with Crippen LogP contribution in [0, 0.1) is 0 Å². The van der Waals surface area contributed by atoms with Crippen LogP contribution >= 0.6 is 0 Å². The summed E-state index contributed by atoms with van der Waals surface area (Å²) in [6.45, 7) is 13.6. The lowest BCUT2D eigenvalue weighted by Gasteiger charge is -2.05. The molecule has 0 radical (unpaired) electrons. The Morgan fingerprint density at radius 3 is 2.35 bits per heavy atom. The van der Waals surface area contributed by atoms with Crippen molar-refractivity contribution < 1.29 is 4.74 Å². The van der Waals surface area contributed by atoms with E-state index in [0.29, 0.717) is 12.5 Å². The fourth-order valence-electron chi connectivity index (χ4n) is 1.08. The fourth-order valence-corrected chi connectivity index (χ4v) is 1.08. The zero-order valence-electron chi connectivity index (χ0n) is 10.9. The van der Waals surface area contributed by atoms with Gasteiger partial charge in [-0.3, -0.25) is 0 Å². The van der Waals surface area contributed by atoms with E-state index in [9.17, 15) is 0 Å². The molecule has 1 rings (SSSR count). The first-order valence-corrected chi connectivity index (χ1v) is 5.73. The van der Waals surface area contributed by atoms with Crippen LogP contribution in [-0.2, 0) is 11.3 Å². The highest BCUT2D eigenvalue weighted by Gasteiger charge is 1.95. The predicted octanol–water partition coefficient (Wildman–Crippen LogP) is 4.35. The van der Waals surface area contributed by atoms with E-state index >= 15 is 0 Å². The van der Waals surface area contributed by atoms with Crippen molar-refractivity contribution in [2.24, 2.45) is 4.99 Å².